The Balaban J connectivity index is 1.52. The third-order valence-corrected chi connectivity index (χ3v) is 5.56. The fraction of sp³-hybridized carbons (Fsp3) is 0.286. The number of nitro benzene ring substituents is 1. The van der Waals surface area contributed by atoms with Gasteiger partial charge in [-0.2, -0.15) is 0 Å². The molecule has 11 nitrogen and oxygen atoms in total. The maximum Gasteiger partial charge on any atom is 0.286 e. The molecule has 1 fully saturated rings. The number of nitro groups is 1. The summed E-state index contributed by atoms with van der Waals surface area (Å²) in [5.41, 5.74) is 2.19. The number of hydrogen-bond donors (Lipinski definition) is 1. The molecule has 0 spiro atoms. The molecule has 0 atom stereocenters. The number of ether oxygens (including phenoxy) is 3. The van der Waals surface area contributed by atoms with Gasteiger partial charge in [-0.15, -0.1) is 11.3 Å². The number of benzene rings is 1. The van der Waals surface area contributed by atoms with E-state index in [1.165, 1.54) is 36.8 Å². The number of nitrogens with one attached hydrogen (secondary N) is 1. The minimum Gasteiger partial charge on any atom is -0.493 e. The van der Waals surface area contributed by atoms with E-state index in [4.69, 9.17) is 14.2 Å². The summed E-state index contributed by atoms with van der Waals surface area (Å²) in [5, 5.41) is 16.1. The molecule has 1 aromatic carbocycles. The van der Waals surface area contributed by atoms with Crippen LogP contribution in [-0.2, 0) is 11.3 Å². The molecule has 33 heavy (non-hydrogen) atoms. The van der Waals surface area contributed by atoms with Crippen LogP contribution in [0, 0.1) is 10.1 Å². The van der Waals surface area contributed by atoms with E-state index in [9.17, 15) is 14.9 Å². The summed E-state index contributed by atoms with van der Waals surface area (Å²) in [7, 11) is 1.40. The second kappa shape index (κ2) is 10.2. The Labute approximate surface area is 193 Å². The van der Waals surface area contributed by atoms with E-state index in [0.29, 0.717) is 24.6 Å². The van der Waals surface area contributed by atoms with Gasteiger partial charge in [-0.1, -0.05) is 0 Å². The Bertz CT molecular complexity index is 1120. The summed E-state index contributed by atoms with van der Waals surface area (Å²) in [6, 6.07) is 5.95. The molecule has 0 aliphatic carbocycles. The van der Waals surface area contributed by atoms with Crippen molar-refractivity contribution < 1.29 is 23.9 Å². The van der Waals surface area contributed by atoms with E-state index in [2.05, 4.69) is 20.2 Å². The molecule has 12 heteroatoms. The Morgan fingerprint density at radius 3 is 2.73 bits per heavy atom. The van der Waals surface area contributed by atoms with E-state index in [0.717, 1.165) is 18.9 Å². The predicted octanol–water partition coefficient (Wildman–Crippen LogP) is 3.12. The number of amides is 1. The van der Waals surface area contributed by atoms with Gasteiger partial charge in [0.05, 0.1) is 54.4 Å². The van der Waals surface area contributed by atoms with Crippen molar-refractivity contribution in [3.8, 4) is 11.5 Å². The molecular weight excluding hydrogens is 450 g/mol. The second-order valence-corrected chi connectivity index (χ2v) is 7.72. The molecular formula is C21H21N5O6S. The van der Waals surface area contributed by atoms with Crippen molar-refractivity contribution >= 4 is 34.4 Å². The zero-order valence-electron chi connectivity index (χ0n) is 17.7. The molecule has 1 saturated heterocycles. The van der Waals surface area contributed by atoms with Crippen molar-refractivity contribution in [1.82, 2.24) is 9.97 Å². The minimum absolute atomic E-state index is 0.115. The van der Waals surface area contributed by atoms with Crippen molar-refractivity contribution in [3.05, 3.63) is 62.7 Å². The third kappa shape index (κ3) is 5.35. The molecule has 0 radical (unpaired) electrons. The Kier molecular flexibility index (Phi) is 6.95. The first-order chi connectivity index (χ1) is 16.0. The van der Waals surface area contributed by atoms with Gasteiger partial charge in [0.1, 0.15) is 18.0 Å². The van der Waals surface area contributed by atoms with Gasteiger partial charge in [-0.3, -0.25) is 14.9 Å². The lowest BCUT2D eigenvalue weighted by Gasteiger charge is -2.27. The highest BCUT2D eigenvalue weighted by atomic mass is 32.1. The van der Waals surface area contributed by atoms with Gasteiger partial charge in [0.15, 0.2) is 11.5 Å². The summed E-state index contributed by atoms with van der Waals surface area (Å²) in [4.78, 5) is 34.5. The zero-order valence-corrected chi connectivity index (χ0v) is 18.5. The first-order valence-electron chi connectivity index (χ1n) is 10.0. The second-order valence-electron chi connectivity index (χ2n) is 7.00. The van der Waals surface area contributed by atoms with E-state index in [-0.39, 0.29) is 23.7 Å². The number of pyridine rings is 1. The van der Waals surface area contributed by atoms with Crippen LogP contribution in [0.1, 0.15) is 16.1 Å². The normalized spacial score (nSPS) is 13.4. The van der Waals surface area contributed by atoms with Crippen LogP contribution in [0.25, 0.3) is 0 Å². The summed E-state index contributed by atoms with van der Waals surface area (Å²) < 4.78 is 16.3. The fourth-order valence-electron chi connectivity index (χ4n) is 3.25. The highest BCUT2D eigenvalue weighted by molar-refractivity contribution is 7.07. The highest BCUT2D eigenvalue weighted by Gasteiger charge is 2.25. The Morgan fingerprint density at radius 2 is 2.09 bits per heavy atom. The lowest BCUT2D eigenvalue weighted by molar-refractivity contribution is -0.385. The molecule has 3 aromatic rings. The van der Waals surface area contributed by atoms with Crippen LogP contribution in [0.15, 0.2) is 41.4 Å². The van der Waals surface area contributed by atoms with Crippen molar-refractivity contribution in [3.63, 3.8) is 0 Å². The van der Waals surface area contributed by atoms with Crippen LogP contribution in [0.5, 0.6) is 11.5 Å². The van der Waals surface area contributed by atoms with Crippen molar-refractivity contribution in [1.29, 1.82) is 0 Å². The number of thiazole rings is 1. The number of rotatable bonds is 8. The van der Waals surface area contributed by atoms with Crippen LogP contribution in [-0.4, -0.2) is 54.2 Å². The SMILES string of the molecule is COc1cc(C(=O)Nc2ccc(N3CCOCC3)nc2)c([N+](=O)[O-])cc1OCc1cscn1. The average Bonchev–Trinajstić information content (AvgIpc) is 3.37. The largest absolute Gasteiger partial charge is 0.493 e. The minimum atomic E-state index is -0.660. The fourth-order valence-corrected chi connectivity index (χ4v) is 3.80. The first-order valence-corrected chi connectivity index (χ1v) is 11.0. The summed E-state index contributed by atoms with van der Waals surface area (Å²) in [6.45, 7) is 2.86. The monoisotopic (exact) mass is 471 g/mol. The quantitative estimate of drug-likeness (QED) is 0.389. The molecule has 4 rings (SSSR count). The van der Waals surface area contributed by atoms with Gasteiger partial charge in [0.2, 0.25) is 0 Å². The summed E-state index contributed by atoms with van der Waals surface area (Å²) >= 11 is 1.41. The number of hydrogen-bond acceptors (Lipinski definition) is 10. The highest BCUT2D eigenvalue weighted by Crippen LogP contribution is 2.35. The molecule has 1 amide bonds. The van der Waals surface area contributed by atoms with Gasteiger partial charge >= 0.3 is 0 Å². The molecule has 0 saturated carbocycles. The standard InChI is InChI=1S/C21H21N5O6S/c1-30-18-8-16(17(26(28)29)9-19(18)32-11-15-12-33-13-23-15)21(27)24-14-2-3-20(22-10-14)25-4-6-31-7-5-25/h2-3,8-10,12-13H,4-7,11H2,1H3,(H,24,27). The van der Waals surface area contributed by atoms with Crippen molar-refractivity contribution in [2.24, 2.45) is 0 Å². The summed E-state index contributed by atoms with van der Waals surface area (Å²) in [6.07, 6.45) is 1.51. The van der Waals surface area contributed by atoms with Crippen LogP contribution in [0.4, 0.5) is 17.2 Å². The molecule has 1 aliphatic rings. The number of carbonyl (C=O) groups is 1. The van der Waals surface area contributed by atoms with Gasteiger partial charge in [0.25, 0.3) is 11.6 Å². The third-order valence-electron chi connectivity index (χ3n) is 4.92. The lowest BCUT2D eigenvalue weighted by atomic mass is 10.1. The summed E-state index contributed by atoms with van der Waals surface area (Å²) in [5.74, 6) is 0.449. The van der Waals surface area contributed by atoms with Gasteiger partial charge in [-0.05, 0) is 12.1 Å². The number of morpholine rings is 1. The lowest BCUT2D eigenvalue weighted by Crippen LogP contribution is -2.36. The first kappa shape index (κ1) is 22.4. The molecule has 3 heterocycles. The molecule has 0 bridgehead atoms. The van der Waals surface area contributed by atoms with Crippen LogP contribution in [0.2, 0.25) is 0 Å². The maximum atomic E-state index is 12.9. The van der Waals surface area contributed by atoms with E-state index in [1.54, 1.807) is 23.0 Å². The molecule has 172 valence electrons. The van der Waals surface area contributed by atoms with E-state index >= 15 is 0 Å². The van der Waals surface area contributed by atoms with Crippen LogP contribution >= 0.6 is 11.3 Å². The van der Waals surface area contributed by atoms with Gasteiger partial charge in [-0.25, -0.2) is 9.97 Å². The Morgan fingerprint density at radius 1 is 1.27 bits per heavy atom. The number of carbonyl (C=O) groups excluding carboxylic acids is 1. The van der Waals surface area contributed by atoms with Crippen LogP contribution in [0.3, 0.4) is 0 Å². The van der Waals surface area contributed by atoms with Gasteiger partial charge < -0.3 is 24.4 Å². The average molecular weight is 471 g/mol. The molecule has 0 unspecified atom stereocenters. The van der Waals surface area contributed by atoms with Crippen LogP contribution < -0.4 is 19.7 Å². The molecule has 1 aliphatic heterocycles. The maximum absolute atomic E-state index is 12.9. The number of aromatic nitrogens is 2. The number of anilines is 2. The number of methoxy groups -OCH3 is 1. The molecule has 1 N–H and O–H groups in total. The predicted molar refractivity (Wildman–Crippen MR) is 121 cm³/mol. The zero-order chi connectivity index (χ0) is 23.2. The van der Waals surface area contributed by atoms with Crippen molar-refractivity contribution in [2.45, 2.75) is 6.61 Å². The van der Waals surface area contributed by atoms with Crippen molar-refractivity contribution in [2.75, 3.05) is 43.6 Å². The van der Waals surface area contributed by atoms with E-state index < -0.39 is 16.5 Å². The topological polar surface area (TPSA) is 129 Å². The van der Waals surface area contributed by atoms with E-state index in [1.807, 2.05) is 0 Å². The molecule has 2 aromatic heterocycles. The smallest absolute Gasteiger partial charge is 0.286 e. The van der Waals surface area contributed by atoms with Gasteiger partial charge in [0, 0.05) is 24.5 Å². The number of nitrogens with zero attached hydrogens (tertiary/aromatic N) is 4. The Hall–Kier alpha value is -3.77.